The standard InChI is InChI=1S/C12H13FN2O3/c13-10-7-18-5-4-12(10)6-8-2-1-3-9(15(16)17)11(8)14-12/h1-3,10,14H,4-7H2. The zero-order valence-corrected chi connectivity index (χ0v) is 9.69. The fourth-order valence-corrected chi connectivity index (χ4v) is 2.76. The molecule has 2 aliphatic rings. The molecule has 3 rings (SSSR count). The molecule has 2 unspecified atom stereocenters. The first-order valence-corrected chi connectivity index (χ1v) is 5.89. The van der Waals surface area contributed by atoms with Crippen LogP contribution in [0, 0.1) is 10.1 Å². The summed E-state index contributed by atoms with van der Waals surface area (Å²) >= 11 is 0. The molecule has 2 aliphatic heterocycles. The second-order valence-corrected chi connectivity index (χ2v) is 4.82. The molecule has 1 aromatic rings. The van der Waals surface area contributed by atoms with E-state index in [1.807, 2.05) is 6.07 Å². The lowest BCUT2D eigenvalue weighted by molar-refractivity contribution is -0.384. The summed E-state index contributed by atoms with van der Waals surface area (Å²) in [5, 5.41) is 14.0. The van der Waals surface area contributed by atoms with Crippen molar-refractivity contribution < 1.29 is 14.1 Å². The summed E-state index contributed by atoms with van der Waals surface area (Å²) in [6.07, 6.45) is -0.132. The fraction of sp³-hybridized carbons (Fsp3) is 0.500. The van der Waals surface area contributed by atoms with E-state index in [-0.39, 0.29) is 12.3 Å². The van der Waals surface area contributed by atoms with Gasteiger partial charge in [0.2, 0.25) is 0 Å². The van der Waals surface area contributed by atoms with Gasteiger partial charge in [-0.05, 0) is 12.0 Å². The lowest BCUT2D eigenvalue weighted by atomic mass is 9.86. The van der Waals surface area contributed by atoms with Gasteiger partial charge >= 0.3 is 0 Å². The first-order valence-electron chi connectivity index (χ1n) is 5.89. The molecule has 96 valence electrons. The highest BCUT2D eigenvalue weighted by Gasteiger charge is 2.47. The largest absolute Gasteiger partial charge is 0.378 e. The van der Waals surface area contributed by atoms with Crippen molar-refractivity contribution in [2.75, 3.05) is 18.5 Å². The van der Waals surface area contributed by atoms with E-state index in [1.54, 1.807) is 6.07 Å². The van der Waals surface area contributed by atoms with Crippen LogP contribution in [0.5, 0.6) is 0 Å². The highest BCUT2D eigenvalue weighted by molar-refractivity contribution is 5.71. The second-order valence-electron chi connectivity index (χ2n) is 4.82. The lowest BCUT2D eigenvalue weighted by Gasteiger charge is -2.37. The van der Waals surface area contributed by atoms with Gasteiger partial charge in [-0.25, -0.2) is 4.39 Å². The summed E-state index contributed by atoms with van der Waals surface area (Å²) in [5.74, 6) is 0. The Morgan fingerprint density at radius 3 is 3.11 bits per heavy atom. The van der Waals surface area contributed by atoms with E-state index in [2.05, 4.69) is 5.32 Å². The van der Waals surface area contributed by atoms with Crippen LogP contribution in [0.4, 0.5) is 15.8 Å². The summed E-state index contributed by atoms with van der Waals surface area (Å²) in [7, 11) is 0. The molecule has 0 radical (unpaired) electrons. The monoisotopic (exact) mass is 252 g/mol. The number of halogens is 1. The summed E-state index contributed by atoms with van der Waals surface area (Å²) in [4.78, 5) is 10.5. The molecular formula is C12H13FN2O3. The van der Waals surface area contributed by atoms with E-state index in [0.717, 1.165) is 5.56 Å². The van der Waals surface area contributed by atoms with Crippen LogP contribution < -0.4 is 5.32 Å². The Hall–Kier alpha value is -1.69. The average molecular weight is 252 g/mol. The first kappa shape index (κ1) is 11.4. The molecular weight excluding hydrogens is 239 g/mol. The maximum atomic E-state index is 14.1. The molecule has 1 spiro atoms. The van der Waals surface area contributed by atoms with Gasteiger partial charge in [-0.3, -0.25) is 10.1 Å². The lowest BCUT2D eigenvalue weighted by Crippen LogP contribution is -2.52. The number of hydrogen-bond acceptors (Lipinski definition) is 4. The van der Waals surface area contributed by atoms with Gasteiger partial charge in [-0.1, -0.05) is 12.1 Å². The van der Waals surface area contributed by atoms with Crippen LogP contribution in [-0.2, 0) is 11.2 Å². The van der Waals surface area contributed by atoms with E-state index in [0.29, 0.717) is 25.1 Å². The SMILES string of the molecule is O=[N+]([O-])c1cccc2c1NC1(CCOCC1F)C2. The quantitative estimate of drug-likeness (QED) is 0.613. The molecule has 0 saturated carbocycles. The van der Waals surface area contributed by atoms with Gasteiger partial charge in [-0.15, -0.1) is 0 Å². The molecule has 0 bridgehead atoms. The Bertz CT molecular complexity index is 508. The summed E-state index contributed by atoms with van der Waals surface area (Å²) in [5.41, 5.74) is 0.566. The third-order valence-corrected chi connectivity index (χ3v) is 3.76. The molecule has 0 aliphatic carbocycles. The number of hydrogen-bond donors (Lipinski definition) is 1. The molecule has 2 atom stereocenters. The molecule has 1 N–H and O–H groups in total. The molecule has 0 aromatic heterocycles. The minimum Gasteiger partial charge on any atom is -0.378 e. The van der Waals surface area contributed by atoms with Gasteiger partial charge in [0.15, 0.2) is 0 Å². The van der Waals surface area contributed by atoms with Crippen molar-refractivity contribution in [3.05, 3.63) is 33.9 Å². The van der Waals surface area contributed by atoms with E-state index in [9.17, 15) is 14.5 Å². The predicted octanol–water partition coefficient (Wildman–Crippen LogP) is 2.06. The molecule has 6 heteroatoms. The normalized spacial score (nSPS) is 29.9. The Balaban J connectivity index is 2.00. The van der Waals surface area contributed by atoms with Gasteiger partial charge in [0.25, 0.3) is 5.69 Å². The molecule has 18 heavy (non-hydrogen) atoms. The number of nitro benzene ring substituents is 1. The summed E-state index contributed by atoms with van der Waals surface area (Å²) in [6, 6.07) is 4.90. The maximum absolute atomic E-state index is 14.1. The number of nitrogens with zero attached hydrogens (tertiary/aromatic N) is 1. The van der Waals surface area contributed by atoms with E-state index >= 15 is 0 Å². The Morgan fingerprint density at radius 2 is 2.39 bits per heavy atom. The van der Waals surface area contributed by atoms with Crippen LogP contribution in [0.15, 0.2) is 18.2 Å². The number of nitro groups is 1. The molecule has 1 aromatic carbocycles. The maximum Gasteiger partial charge on any atom is 0.292 e. The van der Waals surface area contributed by atoms with E-state index in [4.69, 9.17) is 4.74 Å². The molecule has 2 heterocycles. The molecule has 1 saturated heterocycles. The Labute approximate surface area is 103 Å². The molecule has 5 nitrogen and oxygen atoms in total. The summed E-state index contributed by atoms with van der Waals surface area (Å²) < 4.78 is 19.2. The number of rotatable bonds is 1. The van der Waals surface area contributed by atoms with Crippen LogP contribution in [0.1, 0.15) is 12.0 Å². The average Bonchev–Trinajstić information content (AvgIpc) is 2.71. The highest BCUT2D eigenvalue weighted by atomic mass is 19.1. The van der Waals surface area contributed by atoms with Gasteiger partial charge in [-0.2, -0.15) is 0 Å². The van der Waals surface area contributed by atoms with Crippen molar-refractivity contribution in [1.29, 1.82) is 0 Å². The van der Waals surface area contributed by atoms with E-state index < -0.39 is 16.6 Å². The van der Waals surface area contributed by atoms with Gasteiger partial charge in [0.1, 0.15) is 11.9 Å². The van der Waals surface area contributed by atoms with E-state index in [1.165, 1.54) is 6.07 Å². The van der Waals surface area contributed by atoms with Crippen LogP contribution in [0.25, 0.3) is 0 Å². The van der Waals surface area contributed by atoms with Crippen LogP contribution in [0.2, 0.25) is 0 Å². The van der Waals surface area contributed by atoms with Crippen LogP contribution in [-0.4, -0.2) is 29.8 Å². The predicted molar refractivity (Wildman–Crippen MR) is 63.5 cm³/mol. The number of ether oxygens (including phenoxy) is 1. The van der Waals surface area contributed by atoms with Crippen molar-refractivity contribution in [3.63, 3.8) is 0 Å². The number of benzene rings is 1. The van der Waals surface area contributed by atoms with Gasteiger partial charge in [0.05, 0.1) is 17.1 Å². The van der Waals surface area contributed by atoms with Crippen molar-refractivity contribution in [2.24, 2.45) is 0 Å². The number of nitrogens with one attached hydrogen (secondary N) is 1. The minimum atomic E-state index is -1.14. The topological polar surface area (TPSA) is 64.4 Å². The van der Waals surface area contributed by atoms with Crippen molar-refractivity contribution >= 4 is 11.4 Å². The fourth-order valence-electron chi connectivity index (χ4n) is 2.76. The zero-order valence-electron chi connectivity index (χ0n) is 9.69. The Morgan fingerprint density at radius 1 is 1.56 bits per heavy atom. The van der Waals surface area contributed by atoms with Crippen molar-refractivity contribution in [3.8, 4) is 0 Å². The molecule has 1 fully saturated rings. The smallest absolute Gasteiger partial charge is 0.292 e. The zero-order chi connectivity index (χ0) is 12.8. The number of para-hydroxylation sites is 1. The minimum absolute atomic E-state index is 0.0167. The summed E-state index contributed by atoms with van der Waals surface area (Å²) in [6.45, 7) is 0.532. The Kier molecular flexibility index (Phi) is 2.48. The van der Waals surface area contributed by atoms with Gasteiger partial charge in [0, 0.05) is 19.1 Å². The third kappa shape index (κ3) is 1.56. The third-order valence-electron chi connectivity index (χ3n) is 3.76. The van der Waals surface area contributed by atoms with Crippen molar-refractivity contribution in [2.45, 2.75) is 24.6 Å². The van der Waals surface area contributed by atoms with Gasteiger partial charge < -0.3 is 10.1 Å². The first-order chi connectivity index (χ1) is 8.62. The molecule has 0 amide bonds. The van der Waals surface area contributed by atoms with Crippen LogP contribution >= 0.6 is 0 Å². The van der Waals surface area contributed by atoms with Crippen LogP contribution in [0.3, 0.4) is 0 Å². The second kappa shape index (κ2) is 3.91. The number of alkyl halides is 1. The number of anilines is 1. The highest BCUT2D eigenvalue weighted by Crippen LogP contribution is 2.43. The number of fused-ring (bicyclic) bond motifs is 1. The van der Waals surface area contributed by atoms with Crippen molar-refractivity contribution in [1.82, 2.24) is 0 Å².